The molecule has 0 unspecified atom stereocenters. The van der Waals surface area contributed by atoms with Crippen LogP contribution >= 0.6 is 11.6 Å². The van der Waals surface area contributed by atoms with E-state index in [0.29, 0.717) is 11.6 Å². The number of alkyl halides is 1. The minimum absolute atomic E-state index is 0.427. The van der Waals surface area contributed by atoms with Gasteiger partial charge in [0.1, 0.15) is 11.5 Å². The predicted octanol–water partition coefficient (Wildman–Crippen LogP) is 3.32. The van der Waals surface area contributed by atoms with E-state index in [1.165, 1.54) is 0 Å². The van der Waals surface area contributed by atoms with Crippen LogP contribution in [0.15, 0.2) is 36.8 Å². The van der Waals surface area contributed by atoms with Crippen molar-refractivity contribution in [3.05, 3.63) is 48.0 Å². The molecule has 0 atom stereocenters. The fourth-order valence-electron chi connectivity index (χ4n) is 1.30. The van der Waals surface area contributed by atoms with Crippen LogP contribution in [0.4, 0.5) is 0 Å². The summed E-state index contributed by atoms with van der Waals surface area (Å²) in [7, 11) is 0. The average Bonchev–Trinajstić information content (AvgIpc) is 2.32. The Kier molecular flexibility index (Phi) is 3.37. The zero-order valence-electron chi connectivity index (χ0n) is 8.85. The molecule has 0 saturated heterocycles. The lowest BCUT2D eigenvalue weighted by Gasteiger charge is -2.07. The lowest BCUT2D eigenvalue weighted by molar-refractivity contribution is 0.473. The quantitative estimate of drug-likeness (QED) is 0.765. The zero-order valence-corrected chi connectivity index (χ0v) is 9.61. The minimum Gasteiger partial charge on any atom is -0.454 e. The fourth-order valence-corrected chi connectivity index (χ4v) is 1.44. The van der Waals surface area contributed by atoms with Crippen LogP contribution in [0.5, 0.6) is 11.5 Å². The van der Waals surface area contributed by atoms with Gasteiger partial charge >= 0.3 is 0 Å². The molecule has 2 rings (SSSR count). The summed E-state index contributed by atoms with van der Waals surface area (Å²) in [5.41, 5.74) is 1.78. The highest BCUT2D eigenvalue weighted by atomic mass is 35.5. The van der Waals surface area contributed by atoms with E-state index in [-0.39, 0.29) is 0 Å². The lowest BCUT2D eigenvalue weighted by atomic mass is 10.3. The van der Waals surface area contributed by atoms with Crippen LogP contribution in [0.2, 0.25) is 0 Å². The summed E-state index contributed by atoms with van der Waals surface area (Å²) < 4.78 is 5.67. The summed E-state index contributed by atoms with van der Waals surface area (Å²) >= 11 is 5.73. The Bertz CT molecular complexity index is 488. The Morgan fingerprint density at radius 1 is 1.38 bits per heavy atom. The molecule has 0 aliphatic heterocycles. The van der Waals surface area contributed by atoms with Crippen LogP contribution in [-0.2, 0) is 5.88 Å². The first kappa shape index (κ1) is 10.9. The standard InChI is InChI=1S/C12H11ClN2O/c1-9-12(3-2-4-15-9)16-11-5-10(6-13)7-14-8-11/h2-5,7-8H,6H2,1H3. The monoisotopic (exact) mass is 234 g/mol. The van der Waals surface area contributed by atoms with Crippen molar-refractivity contribution >= 4 is 11.6 Å². The van der Waals surface area contributed by atoms with E-state index in [0.717, 1.165) is 17.0 Å². The van der Waals surface area contributed by atoms with Crippen LogP contribution in [0.25, 0.3) is 0 Å². The van der Waals surface area contributed by atoms with Gasteiger partial charge in [-0.25, -0.2) is 0 Å². The summed E-state index contributed by atoms with van der Waals surface area (Å²) in [5.74, 6) is 1.83. The molecule has 0 spiro atoms. The number of pyridine rings is 2. The van der Waals surface area contributed by atoms with Crippen molar-refractivity contribution in [2.45, 2.75) is 12.8 Å². The van der Waals surface area contributed by atoms with Crippen LogP contribution < -0.4 is 4.74 Å². The molecule has 3 nitrogen and oxygen atoms in total. The number of aryl methyl sites for hydroxylation is 1. The van der Waals surface area contributed by atoms with Gasteiger partial charge < -0.3 is 4.74 Å². The van der Waals surface area contributed by atoms with Gasteiger partial charge in [0.15, 0.2) is 0 Å². The maximum absolute atomic E-state index is 5.73. The molecule has 0 aliphatic rings. The van der Waals surface area contributed by atoms with E-state index >= 15 is 0 Å². The molecule has 16 heavy (non-hydrogen) atoms. The third kappa shape index (κ3) is 2.49. The molecular weight excluding hydrogens is 224 g/mol. The Labute approximate surface area is 99.1 Å². The van der Waals surface area contributed by atoms with Crippen molar-refractivity contribution < 1.29 is 4.74 Å². The van der Waals surface area contributed by atoms with Gasteiger partial charge in [-0.05, 0) is 30.7 Å². The van der Waals surface area contributed by atoms with Crippen molar-refractivity contribution in [2.75, 3.05) is 0 Å². The highest BCUT2D eigenvalue weighted by molar-refractivity contribution is 6.17. The molecule has 82 valence electrons. The number of ether oxygens (including phenoxy) is 1. The SMILES string of the molecule is Cc1ncccc1Oc1cncc(CCl)c1. The zero-order chi connectivity index (χ0) is 11.4. The summed E-state index contributed by atoms with van der Waals surface area (Å²) in [5, 5.41) is 0. The number of hydrogen-bond acceptors (Lipinski definition) is 3. The average molecular weight is 235 g/mol. The van der Waals surface area contributed by atoms with Gasteiger partial charge in [-0.15, -0.1) is 11.6 Å². The molecule has 0 saturated carbocycles. The largest absolute Gasteiger partial charge is 0.454 e. The Morgan fingerprint density at radius 2 is 2.25 bits per heavy atom. The van der Waals surface area contributed by atoms with E-state index < -0.39 is 0 Å². The first-order valence-corrected chi connectivity index (χ1v) is 5.42. The van der Waals surface area contributed by atoms with Gasteiger partial charge in [-0.1, -0.05) is 0 Å². The second kappa shape index (κ2) is 4.94. The molecule has 4 heteroatoms. The highest BCUT2D eigenvalue weighted by Gasteiger charge is 2.02. The van der Waals surface area contributed by atoms with Crippen molar-refractivity contribution in [3.8, 4) is 11.5 Å². The van der Waals surface area contributed by atoms with Gasteiger partial charge in [-0.3, -0.25) is 9.97 Å². The molecule has 2 aromatic rings. The van der Waals surface area contributed by atoms with Crippen LogP contribution in [-0.4, -0.2) is 9.97 Å². The maximum Gasteiger partial charge on any atom is 0.148 e. The van der Waals surface area contributed by atoms with E-state index in [4.69, 9.17) is 16.3 Å². The highest BCUT2D eigenvalue weighted by Crippen LogP contribution is 2.23. The van der Waals surface area contributed by atoms with Gasteiger partial charge in [0.05, 0.1) is 11.9 Å². The predicted molar refractivity (Wildman–Crippen MR) is 62.8 cm³/mol. The van der Waals surface area contributed by atoms with Gasteiger partial charge in [-0.2, -0.15) is 0 Å². The van der Waals surface area contributed by atoms with Crippen molar-refractivity contribution in [1.29, 1.82) is 0 Å². The Balaban J connectivity index is 2.24. The summed E-state index contributed by atoms with van der Waals surface area (Å²) in [6, 6.07) is 5.57. The van der Waals surface area contributed by atoms with Crippen molar-refractivity contribution in [1.82, 2.24) is 9.97 Å². The molecule has 2 aromatic heterocycles. The molecule has 0 amide bonds. The molecule has 0 aliphatic carbocycles. The van der Waals surface area contributed by atoms with E-state index in [9.17, 15) is 0 Å². The Morgan fingerprint density at radius 3 is 3.00 bits per heavy atom. The topological polar surface area (TPSA) is 35.0 Å². The summed E-state index contributed by atoms with van der Waals surface area (Å²) in [6.45, 7) is 1.90. The molecular formula is C12H11ClN2O. The molecule has 0 fully saturated rings. The maximum atomic E-state index is 5.73. The fraction of sp³-hybridized carbons (Fsp3) is 0.167. The van der Waals surface area contributed by atoms with Gasteiger partial charge in [0, 0.05) is 18.3 Å². The van der Waals surface area contributed by atoms with Gasteiger partial charge in [0.2, 0.25) is 0 Å². The van der Waals surface area contributed by atoms with E-state index in [1.807, 2.05) is 25.1 Å². The molecule has 0 bridgehead atoms. The molecule has 0 N–H and O–H groups in total. The molecule has 0 radical (unpaired) electrons. The first-order valence-electron chi connectivity index (χ1n) is 4.89. The first-order chi connectivity index (χ1) is 7.79. The van der Waals surface area contributed by atoms with Crippen LogP contribution in [0.3, 0.4) is 0 Å². The number of rotatable bonds is 3. The second-order valence-corrected chi connectivity index (χ2v) is 3.62. The minimum atomic E-state index is 0.427. The molecule has 0 aromatic carbocycles. The normalized spacial score (nSPS) is 10.1. The summed E-state index contributed by atoms with van der Waals surface area (Å²) in [6.07, 6.45) is 5.11. The van der Waals surface area contributed by atoms with E-state index in [2.05, 4.69) is 9.97 Å². The second-order valence-electron chi connectivity index (χ2n) is 3.35. The number of aromatic nitrogens is 2. The van der Waals surface area contributed by atoms with Gasteiger partial charge in [0.25, 0.3) is 0 Å². The lowest BCUT2D eigenvalue weighted by Crippen LogP contribution is -1.91. The number of hydrogen-bond donors (Lipinski definition) is 0. The van der Waals surface area contributed by atoms with Crippen molar-refractivity contribution in [3.63, 3.8) is 0 Å². The third-order valence-electron chi connectivity index (χ3n) is 2.11. The van der Waals surface area contributed by atoms with Crippen LogP contribution in [0, 0.1) is 6.92 Å². The number of nitrogens with zero attached hydrogens (tertiary/aromatic N) is 2. The summed E-state index contributed by atoms with van der Waals surface area (Å²) in [4.78, 5) is 8.20. The smallest absolute Gasteiger partial charge is 0.148 e. The third-order valence-corrected chi connectivity index (χ3v) is 2.42. The molecule has 2 heterocycles. The Hall–Kier alpha value is -1.61. The van der Waals surface area contributed by atoms with Crippen molar-refractivity contribution in [2.24, 2.45) is 0 Å². The number of halogens is 1. The van der Waals surface area contributed by atoms with E-state index in [1.54, 1.807) is 18.6 Å². The van der Waals surface area contributed by atoms with Crippen LogP contribution in [0.1, 0.15) is 11.3 Å².